The fourth-order valence-corrected chi connectivity index (χ4v) is 2.14. The number of nitrogens with zero attached hydrogens (tertiary/aromatic N) is 1. The van der Waals surface area contributed by atoms with Gasteiger partial charge in [0.05, 0.1) is 5.69 Å². The van der Waals surface area contributed by atoms with E-state index in [1.807, 2.05) is 38.1 Å². The summed E-state index contributed by atoms with van der Waals surface area (Å²) in [5.74, 6) is -1.80. The molecule has 0 amide bonds. The lowest BCUT2D eigenvalue weighted by Crippen LogP contribution is -2.20. The summed E-state index contributed by atoms with van der Waals surface area (Å²) in [6.07, 6.45) is 0. The molecule has 2 nitrogen and oxygen atoms in total. The van der Waals surface area contributed by atoms with Crippen molar-refractivity contribution in [3.63, 3.8) is 0 Å². The van der Waals surface area contributed by atoms with Gasteiger partial charge in [-0.25, -0.2) is 8.78 Å². The summed E-state index contributed by atoms with van der Waals surface area (Å²) in [7, 11) is 0. The molecule has 0 aliphatic heterocycles. The molecule has 2 N–H and O–H groups in total. The number of nitrogen functional groups attached to an aromatic ring is 1. The number of para-hydroxylation sites is 1. The smallest absolute Gasteiger partial charge is 0.184 e. The largest absolute Gasteiger partial charge is 0.397 e. The van der Waals surface area contributed by atoms with Crippen LogP contribution in [0.2, 0.25) is 0 Å². The number of nitrogens with two attached hydrogens (primary N) is 1. The summed E-state index contributed by atoms with van der Waals surface area (Å²) in [5.41, 5.74) is 7.93. The summed E-state index contributed by atoms with van der Waals surface area (Å²) in [6.45, 7) is 4.29. The molecule has 0 aliphatic rings. The topological polar surface area (TPSA) is 29.3 Å². The van der Waals surface area contributed by atoms with E-state index < -0.39 is 11.6 Å². The number of aryl methyl sites for hydroxylation is 1. The minimum Gasteiger partial charge on any atom is -0.397 e. The second-order valence-corrected chi connectivity index (χ2v) is 4.33. The number of rotatable bonds is 3. The molecule has 19 heavy (non-hydrogen) atoms. The van der Waals surface area contributed by atoms with Crippen LogP contribution in [-0.4, -0.2) is 6.54 Å². The first-order chi connectivity index (χ1) is 9.06. The molecule has 4 heteroatoms. The van der Waals surface area contributed by atoms with Gasteiger partial charge in [-0.2, -0.15) is 0 Å². The van der Waals surface area contributed by atoms with Crippen LogP contribution in [0.5, 0.6) is 0 Å². The van der Waals surface area contributed by atoms with E-state index in [0.29, 0.717) is 6.54 Å². The van der Waals surface area contributed by atoms with Gasteiger partial charge in [0, 0.05) is 12.2 Å². The number of hydrogen-bond acceptors (Lipinski definition) is 2. The van der Waals surface area contributed by atoms with Gasteiger partial charge in [-0.1, -0.05) is 18.2 Å². The molecule has 0 aliphatic carbocycles. The first-order valence-electron chi connectivity index (χ1n) is 6.13. The Hall–Kier alpha value is -2.10. The third-order valence-electron chi connectivity index (χ3n) is 3.09. The fraction of sp³-hybridized carbons (Fsp3) is 0.200. The maximum absolute atomic E-state index is 14.0. The standard InChI is InChI=1S/C15H16F2N2/c1-3-19(13-7-5-4-6-10(13)2)15-12(18)9-8-11(16)14(15)17/h4-9H,3,18H2,1-2H3. The van der Waals surface area contributed by atoms with Crippen LogP contribution >= 0.6 is 0 Å². The third kappa shape index (κ3) is 2.38. The van der Waals surface area contributed by atoms with Crippen molar-refractivity contribution in [1.29, 1.82) is 0 Å². The van der Waals surface area contributed by atoms with E-state index in [2.05, 4.69) is 0 Å². The van der Waals surface area contributed by atoms with Gasteiger partial charge in [-0.05, 0) is 37.6 Å². The summed E-state index contributed by atoms with van der Waals surface area (Å²) < 4.78 is 27.4. The Balaban J connectivity index is 2.61. The Kier molecular flexibility index (Phi) is 3.69. The number of anilines is 3. The summed E-state index contributed by atoms with van der Waals surface area (Å²) in [6, 6.07) is 9.97. The van der Waals surface area contributed by atoms with E-state index in [-0.39, 0.29) is 11.4 Å². The molecular weight excluding hydrogens is 246 g/mol. The van der Waals surface area contributed by atoms with E-state index in [1.54, 1.807) is 4.90 Å². The molecule has 0 heterocycles. The molecule has 0 saturated carbocycles. The van der Waals surface area contributed by atoms with Crippen LogP contribution in [0.15, 0.2) is 36.4 Å². The van der Waals surface area contributed by atoms with Crippen LogP contribution in [0.25, 0.3) is 0 Å². The van der Waals surface area contributed by atoms with Crippen molar-refractivity contribution >= 4 is 17.1 Å². The molecule has 0 bridgehead atoms. The van der Waals surface area contributed by atoms with Gasteiger partial charge in [0.25, 0.3) is 0 Å². The first kappa shape index (κ1) is 13.3. The molecule has 0 unspecified atom stereocenters. The molecule has 2 rings (SSSR count). The molecule has 2 aromatic rings. The lowest BCUT2D eigenvalue weighted by Gasteiger charge is -2.26. The summed E-state index contributed by atoms with van der Waals surface area (Å²) in [5, 5.41) is 0. The van der Waals surface area contributed by atoms with Gasteiger partial charge < -0.3 is 10.6 Å². The summed E-state index contributed by atoms with van der Waals surface area (Å²) in [4.78, 5) is 1.68. The Labute approximate surface area is 111 Å². The van der Waals surface area contributed by atoms with Gasteiger partial charge >= 0.3 is 0 Å². The van der Waals surface area contributed by atoms with Crippen molar-refractivity contribution in [3.05, 3.63) is 53.6 Å². The Morgan fingerprint density at radius 1 is 1.11 bits per heavy atom. The van der Waals surface area contributed by atoms with E-state index in [9.17, 15) is 8.78 Å². The maximum Gasteiger partial charge on any atom is 0.184 e. The fourth-order valence-electron chi connectivity index (χ4n) is 2.14. The van der Waals surface area contributed by atoms with Crippen LogP contribution in [0.4, 0.5) is 25.8 Å². The van der Waals surface area contributed by atoms with Crippen molar-refractivity contribution in [2.45, 2.75) is 13.8 Å². The van der Waals surface area contributed by atoms with Gasteiger partial charge in [0.2, 0.25) is 0 Å². The molecule has 0 atom stereocenters. The van der Waals surface area contributed by atoms with Crippen LogP contribution in [0.3, 0.4) is 0 Å². The monoisotopic (exact) mass is 262 g/mol. The molecule has 0 saturated heterocycles. The van der Waals surface area contributed by atoms with E-state index >= 15 is 0 Å². The Bertz CT molecular complexity index is 597. The normalized spacial score (nSPS) is 10.5. The SMILES string of the molecule is CCN(c1ccccc1C)c1c(N)ccc(F)c1F. The highest BCUT2D eigenvalue weighted by Gasteiger charge is 2.19. The molecule has 0 radical (unpaired) electrons. The predicted molar refractivity (Wildman–Crippen MR) is 74.6 cm³/mol. The van der Waals surface area contributed by atoms with Crippen molar-refractivity contribution in [3.8, 4) is 0 Å². The van der Waals surface area contributed by atoms with E-state index in [4.69, 9.17) is 5.73 Å². The van der Waals surface area contributed by atoms with Gasteiger partial charge in [-0.15, -0.1) is 0 Å². The average molecular weight is 262 g/mol. The molecule has 0 fully saturated rings. The van der Waals surface area contributed by atoms with Crippen molar-refractivity contribution in [2.75, 3.05) is 17.2 Å². The van der Waals surface area contributed by atoms with Crippen LogP contribution in [0, 0.1) is 18.6 Å². The highest BCUT2D eigenvalue weighted by Crippen LogP contribution is 2.35. The lowest BCUT2D eigenvalue weighted by atomic mass is 10.1. The number of benzene rings is 2. The average Bonchev–Trinajstić information content (AvgIpc) is 2.40. The quantitative estimate of drug-likeness (QED) is 0.847. The second kappa shape index (κ2) is 5.26. The predicted octanol–water partition coefficient (Wildman–Crippen LogP) is 4.01. The second-order valence-electron chi connectivity index (χ2n) is 4.33. The van der Waals surface area contributed by atoms with Gasteiger partial charge in [0.1, 0.15) is 5.69 Å². The minimum atomic E-state index is -0.912. The zero-order chi connectivity index (χ0) is 14.0. The van der Waals surface area contributed by atoms with Crippen molar-refractivity contribution in [2.24, 2.45) is 0 Å². The van der Waals surface area contributed by atoms with Gasteiger partial charge in [-0.3, -0.25) is 0 Å². The van der Waals surface area contributed by atoms with E-state index in [1.165, 1.54) is 6.07 Å². The molecule has 100 valence electrons. The van der Waals surface area contributed by atoms with Crippen LogP contribution in [-0.2, 0) is 0 Å². The Morgan fingerprint density at radius 3 is 2.42 bits per heavy atom. The highest BCUT2D eigenvalue weighted by molar-refractivity contribution is 5.76. The van der Waals surface area contributed by atoms with E-state index in [0.717, 1.165) is 17.3 Å². The Morgan fingerprint density at radius 2 is 1.79 bits per heavy atom. The van der Waals surface area contributed by atoms with Crippen molar-refractivity contribution < 1.29 is 8.78 Å². The molecule has 0 aromatic heterocycles. The van der Waals surface area contributed by atoms with Crippen LogP contribution in [0.1, 0.15) is 12.5 Å². The molecule has 2 aromatic carbocycles. The highest BCUT2D eigenvalue weighted by atomic mass is 19.2. The van der Waals surface area contributed by atoms with Crippen LogP contribution < -0.4 is 10.6 Å². The molecular formula is C15H16F2N2. The minimum absolute atomic E-state index is 0.0943. The zero-order valence-corrected chi connectivity index (χ0v) is 11.0. The zero-order valence-electron chi connectivity index (χ0n) is 11.0. The maximum atomic E-state index is 14.0. The summed E-state index contributed by atoms with van der Waals surface area (Å²) >= 11 is 0. The number of hydrogen-bond donors (Lipinski definition) is 1. The third-order valence-corrected chi connectivity index (χ3v) is 3.09. The lowest BCUT2D eigenvalue weighted by molar-refractivity contribution is 0.509. The van der Waals surface area contributed by atoms with Gasteiger partial charge in [0.15, 0.2) is 11.6 Å². The molecule has 0 spiro atoms. The first-order valence-corrected chi connectivity index (χ1v) is 6.13. The number of halogens is 2. The van der Waals surface area contributed by atoms with Crippen molar-refractivity contribution in [1.82, 2.24) is 0 Å².